The fraction of sp³-hybridized carbons (Fsp3) is 0.611. The van der Waals surface area contributed by atoms with Gasteiger partial charge in [0.1, 0.15) is 11.8 Å². The van der Waals surface area contributed by atoms with Crippen LogP contribution in [0.25, 0.3) is 0 Å². The van der Waals surface area contributed by atoms with E-state index in [1.54, 1.807) is 19.1 Å². The third kappa shape index (κ3) is 5.11. The highest BCUT2D eigenvalue weighted by Gasteiger charge is 2.47. The predicted octanol–water partition coefficient (Wildman–Crippen LogP) is 3.11. The Morgan fingerprint density at radius 2 is 1.88 bits per heavy atom. The summed E-state index contributed by atoms with van der Waals surface area (Å²) in [5, 5.41) is 0. The third-order valence-electron chi connectivity index (χ3n) is 4.62. The van der Waals surface area contributed by atoms with Crippen LogP contribution in [0.4, 0.5) is 13.2 Å². The zero-order valence-electron chi connectivity index (χ0n) is 14.8. The second-order valence-corrected chi connectivity index (χ2v) is 6.55. The smallest absolute Gasteiger partial charge is 0.405 e. The van der Waals surface area contributed by atoms with Gasteiger partial charge in [-0.3, -0.25) is 9.69 Å². The van der Waals surface area contributed by atoms with Crippen molar-refractivity contribution in [3.05, 3.63) is 29.8 Å². The maximum absolute atomic E-state index is 13.1. The third-order valence-corrected chi connectivity index (χ3v) is 4.62. The summed E-state index contributed by atoms with van der Waals surface area (Å²) in [6.07, 6.45) is -2.35. The maximum atomic E-state index is 13.1. The van der Waals surface area contributed by atoms with Gasteiger partial charge in [0, 0.05) is 19.1 Å². The van der Waals surface area contributed by atoms with Crippen LogP contribution in [-0.2, 0) is 11.2 Å². The number of hydrogen-bond acceptors (Lipinski definition) is 3. The number of aryl methyl sites for hydroxylation is 1. The van der Waals surface area contributed by atoms with Crippen molar-refractivity contribution >= 4 is 5.91 Å². The van der Waals surface area contributed by atoms with E-state index in [4.69, 9.17) is 4.74 Å². The highest BCUT2D eigenvalue weighted by atomic mass is 19.4. The topological polar surface area (TPSA) is 32.8 Å². The van der Waals surface area contributed by atoms with Gasteiger partial charge in [-0.1, -0.05) is 25.5 Å². The van der Waals surface area contributed by atoms with Crippen LogP contribution >= 0.6 is 0 Å². The lowest BCUT2D eigenvalue weighted by molar-refractivity contribution is -0.201. The fourth-order valence-electron chi connectivity index (χ4n) is 2.98. The first-order valence-corrected chi connectivity index (χ1v) is 8.50. The number of carbonyl (C=O) groups excluding carboxylic acids is 1. The highest BCUT2D eigenvalue weighted by molar-refractivity contribution is 5.78. The molecule has 1 aromatic carbocycles. The standard InChI is InChI=1S/C18H25F3N2O2/c1-4-5-14-6-8-15(9-7-14)25-12-17(24)23-10-13(2)22(3)16(11-23)18(19,20)21/h6-9,13,16H,4-5,10-12H2,1-3H3. The molecule has 4 nitrogen and oxygen atoms in total. The van der Waals surface area contributed by atoms with Crippen LogP contribution in [0.3, 0.4) is 0 Å². The van der Waals surface area contributed by atoms with Crippen LogP contribution < -0.4 is 4.74 Å². The van der Waals surface area contributed by atoms with Crippen molar-refractivity contribution < 1.29 is 22.7 Å². The molecule has 0 aliphatic carbocycles. The van der Waals surface area contributed by atoms with E-state index in [-0.39, 0.29) is 25.7 Å². The summed E-state index contributed by atoms with van der Waals surface area (Å²) in [5.41, 5.74) is 1.18. The predicted molar refractivity (Wildman–Crippen MR) is 89.6 cm³/mol. The van der Waals surface area contributed by atoms with Crippen molar-refractivity contribution in [1.82, 2.24) is 9.80 Å². The first-order valence-electron chi connectivity index (χ1n) is 8.50. The second-order valence-electron chi connectivity index (χ2n) is 6.55. The first kappa shape index (κ1) is 19.6. The van der Waals surface area contributed by atoms with Crippen LogP contribution in [0.2, 0.25) is 0 Å². The molecule has 0 N–H and O–H groups in total. The summed E-state index contributed by atoms with van der Waals surface area (Å²) >= 11 is 0. The van der Waals surface area contributed by atoms with Crippen molar-refractivity contribution in [1.29, 1.82) is 0 Å². The second kappa shape index (κ2) is 8.08. The molecule has 140 valence electrons. The molecule has 1 aliphatic heterocycles. The average Bonchev–Trinajstić information content (AvgIpc) is 2.55. The number of piperazine rings is 1. The molecule has 1 amide bonds. The number of alkyl halides is 3. The molecule has 1 fully saturated rings. The first-order chi connectivity index (χ1) is 11.7. The summed E-state index contributed by atoms with van der Waals surface area (Å²) in [7, 11) is 1.44. The van der Waals surface area contributed by atoms with Gasteiger partial charge in [0.15, 0.2) is 6.61 Å². The number of benzene rings is 1. The van der Waals surface area contributed by atoms with Crippen LogP contribution in [0, 0.1) is 0 Å². The number of likely N-dealkylation sites (N-methyl/N-ethyl adjacent to an activating group) is 1. The van der Waals surface area contributed by atoms with Crippen molar-refractivity contribution in [3.63, 3.8) is 0 Å². The SMILES string of the molecule is CCCc1ccc(OCC(=O)N2CC(C)N(C)C(C(F)(F)F)C2)cc1. The van der Waals surface area contributed by atoms with E-state index < -0.39 is 18.1 Å². The van der Waals surface area contributed by atoms with Gasteiger partial charge in [-0.2, -0.15) is 13.2 Å². The van der Waals surface area contributed by atoms with Crippen molar-refractivity contribution in [2.45, 2.75) is 44.9 Å². The molecule has 0 spiro atoms. The molecule has 0 radical (unpaired) electrons. The summed E-state index contributed by atoms with van der Waals surface area (Å²) in [4.78, 5) is 14.8. The van der Waals surface area contributed by atoms with Gasteiger partial charge < -0.3 is 9.64 Å². The molecule has 7 heteroatoms. The molecule has 2 rings (SSSR count). The Morgan fingerprint density at radius 1 is 1.24 bits per heavy atom. The van der Waals surface area contributed by atoms with E-state index in [1.807, 2.05) is 12.1 Å². The molecule has 1 aromatic rings. The van der Waals surface area contributed by atoms with E-state index in [1.165, 1.54) is 22.4 Å². The fourth-order valence-corrected chi connectivity index (χ4v) is 2.98. The van der Waals surface area contributed by atoms with Gasteiger partial charge in [-0.15, -0.1) is 0 Å². The molecule has 1 heterocycles. The Bertz CT molecular complexity index is 575. The minimum Gasteiger partial charge on any atom is -0.484 e. The summed E-state index contributed by atoms with van der Waals surface area (Å²) in [6.45, 7) is 3.43. The molecule has 2 atom stereocenters. The van der Waals surface area contributed by atoms with Gasteiger partial charge in [0.2, 0.25) is 0 Å². The lowest BCUT2D eigenvalue weighted by atomic mass is 10.1. The van der Waals surface area contributed by atoms with Crippen LogP contribution in [-0.4, -0.2) is 60.7 Å². The van der Waals surface area contributed by atoms with E-state index in [9.17, 15) is 18.0 Å². The zero-order chi connectivity index (χ0) is 18.6. The van der Waals surface area contributed by atoms with E-state index in [2.05, 4.69) is 6.92 Å². The molecular weight excluding hydrogens is 333 g/mol. The molecule has 0 aromatic heterocycles. The minimum atomic E-state index is -4.36. The van der Waals surface area contributed by atoms with Crippen LogP contribution in [0.5, 0.6) is 5.75 Å². The molecule has 1 aliphatic rings. The maximum Gasteiger partial charge on any atom is 0.405 e. The van der Waals surface area contributed by atoms with E-state index >= 15 is 0 Å². The van der Waals surface area contributed by atoms with Crippen molar-refractivity contribution in [2.24, 2.45) is 0 Å². The monoisotopic (exact) mass is 358 g/mol. The van der Waals surface area contributed by atoms with Gasteiger partial charge >= 0.3 is 6.18 Å². The summed E-state index contributed by atoms with van der Waals surface area (Å²) in [6, 6.07) is 5.42. The highest BCUT2D eigenvalue weighted by Crippen LogP contribution is 2.29. The van der Waals surface area contributed by atoms with Gasteiger partial charge in [-0.25, -0.2) is 0 Å². The molecule has 1 saturated heterocycles. The number of rotatable bonds is 5. The van der Waals surface area contributed by atoms with Crippen LogP contribution in [0.15, 0.2) is 24.3 Å². The average molecular weight is 358 g/mol. The minimum absolute atomic E-state index is 0.256. The zero-order valence-corrected chi connectivity index (χ0v) is 14.8. The number of ether oxygens (including phenoxy) is 1. The van der Waals surface area contributed by atoms with E-state index in [0.717, 1.165) is 12.8 Å². The van der Waals surface area contributed by atoms with Crippen LogP contribution in [0.1, 0.15) is 25.8 Å². The van der Waals surface area contributed by atoms with Gasteiger partial charge in [0.05, 0.1) is 0 Å². The number of nitrogens with zero attached hydrogens (tertiary/aromatic N) is 2. The van der Waals surface area contributed by atoms with E-state index in [0.29, 0.717) is 5.75 Å². The van der Waals surface area contributed by atoms with Gasteiger partial charge in [0.25, 0.3) is 5.91 Å². The lowest BCUT2D eigenvalue weighted by Gasteiger charge is -2.44. The Kier molecular flexibility index (Phi) is 6.32. The number of carbonyl (C=O) groups is 1. The Morgan fingerprint density at radius 3 is 2.44 bits per heavy atom. The summed E-state index contributed by atoms with van der Waals surface area (Å²) in [5.74, 6) is 0.120. The normalized spacial score (nSPS) is 22.1. The molecule has 25 heavy (non-hydrogen) atoms. The molecular formula is C18H25F3N2O2. The molecule has 0 bridgehead atoms. The van der Waals surface area contributed by atoms with Crippen molar-refractivity contribution in [2.75, 3.05) is 26.7 Å². The largest absolute Gasteiger partial charge is 0.484 e. The van der Waals surface area contributed by atoms with Crippen molar-refractivity contribution in [3.8, 4) is 5.75 Å². The lowest BCUT2D eigenvalue weighted by Crippen LogP contribution is -2.62. The summed E-state index contributed by atoms with van der Waals surface area (Å²) < 4.78 is 44.9. The number of amides is 1. The quantitative estimate of drug-likeness (QED) is 0.811. The number of halogens is 3. The molecule has 2 unspecified atom stereocenters. The Labute approximate surface area is 146 Å². The van der Waals surface area contributed by atoms with Gasteiger partial charge in [-0.05, 0) is 38.1 Å². The molecule has 0 saturated carbocycles. The number of hydrogen-bond donors (Lipinski definition) is 0. The Balaban J connectivity index is 1.93. The Hall–Kier alpha value is -1.76.